The largest absolute Gasteiger partial charge is 0.382 e. The highest BCUT2D eigenvalue weighted by atomic mass is 32.2. The monoisotopic (exact) mass is 438 g/mol. The van der Waals surface area contributed by atoms with Gasteiger partial charge in [-0.1, -0.05) is 30.0 Å². The average molecular weight is 438 g/mol. The molecule has 1 heterocycles. The number of carbonyl (C=O) groups is 3. The molecule has 0 radical (unpaired) electrons. The maximum absolute atomic E-state index is 12.3. The summed E-state index contributed by atoms with van der Waals surface area (Å²) in [6.45, 7) is 0. The maximum Gasteiger partial charge on any atom is 0.277 e. The van der Waals surface area contributed by atoms with Gasteiger partial charge in [-0.3, -0.25) is 24.2 Å². The summed E-state index contributed by atoms with van der Waals surface area (Å²) >= 11 is 0.963. The molecule has 0 aliphatic rings. The predicted molar refractivity (Wildman–Crippen MR) is 118 cm³/mol. The maximum atomic E-state index is 12.3. The Morgan fingerprint density at radius 1 is 0.968 bits per heavy atom. The third-order valence-electron chi connectivity index (χ3n) is 3.99. The molecule has 0 aliphatic heterocycles. The molecule has 0 atom stereocenters. The van der Waals surface area contributed by atoms with Gasteiger partial charge in [0.2, 0.25) is 11.8 Å². The van der Waals surface area contributed by atoms with Crippen LogP contribution in [0.3, 0.4) is 0 Å². The molecule has 0 saturated heterocycles. The Bertz CT molecular complexity index is 1180. The van der Waals surface area contributed by atoms with Gasteiger partial charge in [-0.15, -0.1) is 0 Å². The fraction of sp³-hybridized carbons (Fsp3) is 0.0500. The molecule has 0 saturated carbocycles. The lowest BCUT2D eigenvalue weighted by atomic mass is 10.2. The van der Waals surface area contributed by atoms with Crippen LogP contribution < -0.4 is 27.7 Å². The molecule has 0 unspecified atom stereocenters. The number of nitrogens with two attached hydrogens (primary N) is 2. The minimum absolute atomic E-state index is 0.0598. The summed E-state index contributed by atoms with van der Waals surface area (Å²) in [5.41, 5.74) is 11.3. The molecule has 10 nitrogen and oxygen atoms in total. The first kappa shape index (κ1) is 21.6. The van der Waals surface area contributed by atoms with Gasteiger partial charge in [0.05, 0.1) is 5.75 Å². The third kappa shape index (κ3) is 5.70. The van der Waals surface area contributed by atoms with Gasteiger partial charge in [-0.25, -0.2) is 4.98 Å². The van der Waals surface area contributed by atoms with Crippen LogP contribution in [-0.4, -0.2) is 33.4 Å². The zero-order valence-corrected chi connectivity index (χ0v) is 16.9. The van der Waals surface area contributed by atoms with E-state index in [0.717, 1.165) is 11.8 Å². The molecular weight excluding hydrogens is 420 g/mol. The van der Waals surface area contributed by atoms with Crippen molar-refractivity contribution in [1.29, 1.82) is 0 Å². The average Bonchev–Trinajstić information content (AvgIpc) is 2.75. The topological polar surface area (TPSA) is 173 Å². The van der Waals surface area contributed by atoms with Crippen molar-refractivity contribution in [1.82, 2.24) is 9.97 Å². The van der Waals surface area contributed by atoms with Gasteiger partial charge in [0.1, 0.15) is 5.69 Å². The number of anilines is 3. The Kier molecular flexibility index (Phi) is 6.67. The molecule has 2 aromatic carbocycles. The summed E-state index contributed by atoms with van der Waals surface area (Å²) < 4.78 is 0. The van der Waals surface area contributed by atoms with Gasteiger partial charge in [0.15, 0.2) is 11.0 Å². The van der Waals surface area contributed by atoms with E-state index in [4.69, 9.17) is 11.5 Å². The van der Waals surface area contributed by atoms with E-state index in [2.05, 4.69) is 20.6 Å². The number of amides is 3. The second-order valence-electron chi connectivity index (χ2n) is 6.23. The van der Waals surface area contributed by atoms with Crippen molar-refractivity contribution >= 4 is 46.7 Å². The standard InChI is InChI=1S/C20H18N6O4S/c21-16-15(24-18(29)12-4-2-1-3-5-12)19(30)26-20(25-16)31-10-14(27)23-13-8-6-11(7-9-13)17(22)28/h1-9H,10H2,(H2,22,28)(H,23,27)(H,24,29)(H3,21,25,26,30). The van der Waals surface area contributed by atoms with Crippen LogP contribution in [0, 0.1) is 0 Å². The first-order valence-corrected chi connectivity index (χ1v) is 9.91. The highest BCUT2D eigenvalue weighted by molar-refractivity contribution is 7.99. The van der Waals surface area contributed by atoms with Crippen LogP contribution in [0.25, 0.3) is 0 Å². The van der Waals surface area contributed by atoms with E-state index in [-0.39, 0.29) is 28.3 Å². The number of hydrogen-bond acceptors (Lipinski definition) is 7. The first-order chi connectivity index (χ1) is 14.8. The fourth-order valence-electron chi connectivity index (χ4n) is 2.48. The quantitative estimate of drug-likeness (QED) is 0.274. The van der Waals surface area contributed by atoms with Gasteiger partial charge in [-0.2, -0.15) is 0 Å². The van der Waals surface area contributed by atoms with Crippen molar-refractivity contribution in [3.63, 3.8) is 0 Å². The van der Waals surface area contributed by atoms with Crippen LogP contribution in [-0.2, 0) is 4.79 Å². The van der Waals surface area contributed by atoms with Crippen LogP contribution in [0.15, 0.2) is 64.5 Å². The first-order valence-electron chi connectivity index (χ1n) is 8.92. The summed E-state index contributed by atoms with van der Waals surface area (Å²) in [5.74, 6) is -1.65. The van der Waals surface area contributed by atoms with Crippen molar-refractivity contribution in [3.05, 3.63) is 76.1 Å². The second-order valence-corrected chi connectivity index (χ2v) is 7.19. The molecule has 0 aliphatic carbocycles. The number of nitrogen functional groups attached to an aromatic ring is 1. The minimum Gasteiger partial charge on any atom is -0.382 e. The van der Waals surface area contributed by atoms with Gasteiger partial charge in [-0.05, 0) is 36.4 Å². The van der Waals surface area contributed by atoms with Crippen molar-refractivity contribution in [2.45, 2.75) is 5.16 Å². The van der Waals surface area contributed by atoms with Gasteiger partial charge >= 0.3 is 0 Å². The smallest absolute Gasteiger partial charge is 0.277 e. The Hall–Kier alpha value is -4.12. The number of aromatic amines is 1. The lowest BCUT2D eigenvalue weighted by molar-refractivity contribution is -0.113. The summed E-state index contributed by atoms with van der Waals surface area (Å²) in [4.78, 5) is 54.2. The second kappa shape index (κ2) is 9.59. The van der Waals surface area contributed by atoms with E-state index in [0.29, 0.717) is 16.8 Å². The van der Waals surface area contributed by atoms with Crippen LogP contribution in [0.5, 0.6) is 0 Å². The Morgan fingerprint density at radius 2 is 1.65 bits per heavy atom. The van der Waals surface area contributed by atoms with Crippen molar-refractivity contribution in [3.8, 4) is 0 Å². The molecule has 158 valence electrons. The Morgan fingerprint density at radius 3 is 2.26 bits per heavy atom. The highest BCUT2D eigenvalue weighted by Gasteiger charge is 2.14. The summed E-state index contributed by atoms with van der Waals surface area (Å²) in [7, 11) is 0. The van der Waals surface area contributed by atoms with Crippen LogP contribution in [0.1, 0.15) is 20.7 Å². The number of nitrogens with zero attached hydrogens (tertiary/aromatic N) is 1. The van der Waals surface area contributed by atoms with Gasteiger partial charge in [0, 0.05) is 16.8 Å². The number of rotatable bonds is 7. The number of aromatic nitrogens is 2. The number of primary amides is 1. The van der Waals surface area contributed by atoms with E-state index in [1.54, 1.807) is 42.5 Å². The minimum atomic E-state index is -0.637. The number of carbonyl (C=O) groups excluding carboxylic acids is 3. The normalized spacial score (nSPS) is 10.3. The summed E-state index contributed by atoms with van der Waals surface area (Å²) in [5, 5.41) is 5.21. The van der Waals surface area contributed by atoms with Crippen LogP contribution in [0.2, 0.25) is 0 Å². The SMILES string of the molecule is NC(=O)c1ccc(NC(=O)CSc2nc(N)c(NC(=O)c3ccccc3)c(=O)[nH]2)cc1. The van der Waals surface area contributed by atoms with E-state index >= 15 is 0 Å². The number of hydrogen-bond donors (Lipinski definition) is 5. The van der Waals surface area contributed by atoms with Crippen molar-refractivity contribution in [2.24, 2.45) is 5.73 Å². The lowest BCUT2D eigenvalue weighted by Crippen LogP contribution is -2.23. The third-order valence-corrected chi connectivity index (χ3v) is 4.87. The van der Waals surface area contributed by atoms with Gasteiger partial charge in [0.25, 0.3) is 11.5 Å². The Labute approximate surface area is 180 Å². The van der Waals surface area contributed by atoms with Crippen LogP contribution >= 0.6 is 11.8 Å². The van der Waals surface area contributed by atoms with Gasteiger partial charge < -0.3 is 22.1 Å². The highest BCUT2D eigenvalue weighted by Crippen LogP contribution is 2.18. The molecule has 0 spiro atoms. The van der Waals surface area contributed by atoms with E-state index in [9.17, 15) is 19.2 Å². The lowest BCUT2D eigenvalue weighted by Gasteiger charge is -2.09. The molecule has 11 heteroatoms. The summed E-state index contributed by atoms with van der Waals surface area (Å²) in [6, 6.07) is 14.4. The number of benzene rings is 2. The molecular formula is C20H18N6O4S. The van der Waals surface area contributed by atoms with Crippen molar-refractivity contribution < 1.29 is 14.4 Å². The molecule has 0 fully saturated rings. The number of H-pyrrole nitrogens is 1. The molecule has 1 aromatic heterocycles. The molecule has 3 aromatic rings. The number of thioether (sulfide) groups is 1. The summed E-state index contributed by atoms with van der Waals surface area (Å²) in [6.07, 6.45) is 0. The number of nitrogens with one attached hydrogen (secondary N) is 3. The molecule has 3 amide bonds. The van der Waals surface area contributed by atoms with Crippen LogP contribution in [0.4, 0.5) is 17.2 Å². The zero-order valence-electron chi connectivity index (χ0n) is 16.0. The van der Waals surface area contributed by atoms with Crippen molar-refractivity contribution in [2.75, 3.05) is 22.1 Å². The zero-order chi connectivity index (χ0) is 22.4. The van der Waals surface area contributed by atoms with E-state index in [1.165, 1.54) is 12.1 Å². The van der Waals surface area contributed by atoms with E-state index in [1.807, 2.05) is 0 Å². The molecule has 31 heavy (non-hydrogen) atoms. The van der Waals surface area contributed by atoms with E-state index < -0.39 is 17.4 Å². The molecule has 3 rings (SSSR count). The molecule has 7 N–H and O–H groups in total. The fourth-order valence-corrected chi connectivity index (χ4v) is 3.15. The molecule has 0 bridgehead atoms. The predicted octanol–water partition coefficient (Wildman–Crippen LogP) is 1.43. The Balaban J connectivity index is 1.61.